The van der Waals surface area contributed by atoms with Crippen molar-refractivity contribution in [1.82, 2.24) is 9.97 Å². The summed E-state index contributed by atoms with van der Waals surface area (Å²) in [4.78, 5) is 20.7. The summed E-state index contributed by atoms with van der Waals surface area (Å²) in [6.45, 7) is 0.474. The molecule has 8 nitrogen and oxygen atoms in total. The summed E-state index contributed by atoms with van der Waals surface area (Å²) in [5, 5.41) is 14.9. The fourth-order valence-electron chi connectivity index (χ4n) is 2.59. The smallest absolute Gasteiger partial charge is 0.258 e. The number of nitrogens with one attached hydrogen (secondary N) is 2. The van der Waals surface area contributed by atoms with Crippen LogP contribution >= 0.6 is 0 Å². The Balaban J connectivity index is 1.63. The molecule has 0 saturated heterocycles. The molecular weight excluding hydrogens is 370 g/mol. The fraction of sp³-hybridized carbons (Fsp3) is 0.143. The van der Waals surface area contributed by atoms with Crippen LogP contribution in [0.5, 0.6) is 11.5 Å². The Morgan fingerprint density at radius 2 is 1.79 bits per heavy atom. The Bertz CT molecular complexity index is 1040. The van der Waals surface area contributed by atoms with Gasteiger partial charge in [-0.15, -0.1) is 0 Å². The summed E-state index contributed by atoms with van der Waals surface area (Å²) in [5.41, 5.74) is 2.07. The minimum Gasteiger partial charge on any atom is -0.493 e. The molecule has 1 heterocycles. The van der Waals surface area contributed by atoms with Gasteiger partial charge >= 0.3 is 0 Å². The number of amides is 1. The van der Waals surface area contributed by atoms with Gasteiger partial charge in [0, 0.05) is 18.9 Å². The molecule has 1 aromatic heterocycles. The van der Waals surface area contributed by atoms with Crippen molar-refractivity contribution in [1.29, 1.82) is 5.26 Å². The third-order valence-corrected chi connectivity index (χ3v) is 4.11. The van der Waals surface area contributed by atoms with Crippen LogP contribution in [0.15, 0.2) is 54.9 Å². The van der Waals surface area contributed by atoms with E-state index in [1.807, 2.05) is 24.3 Å². The number of carbonyl (C=O) groups excluding carboxylic acids is 1. The number of rotatable bonds is 7. The molecule has 0 saturated carbocycles. The van der Waals surface area contributed by atoms with Crippen molar-refractivity contribution in [3.8, 4) is 17.6 Å². The van der Waals surface area contributed by atoms with Crippen LogP contribution in [0.2, 0.25) is 0 Å². The van der Waals surface area contributed by atoms with Crippen LogP contribution in [0.1, 0.15) is 21.5 Å². The van der Waals surface area contributed by atoms with E-state index in [1.54, 1.807) is 38.5 Å². The van der Waals surface area contributed by atoms with Crippen molar-refractivity contribution in [3.63, 3.8) is 0 Å². The summed E-state index contributed by atoms with van der Waals surface area (Å²) in [5.74, 6) is 1.28. The summed E-state index contributed by atoms with van der Waals surface area (Å²) in [7, 11) is 3.16. The lowest BCUT2D eigenvalue weighted by Crippen LogP contribution is -2.14. The molecule has 0 radical (unpaired) electrons. The number of hydrogen-bond acceptors (Lipinski definition) is 7. The van der Waals surface area contributed by atoms with Crippen molar-refractivity contribution >= 4 is 17.5 Å². The number of benzene rings is 2. The molecule has 0 atom stereocenters. The molecule has 0 spiro atoms. The Hall–Kier alpha value is -4.12. The molecule has 29 heavy (non-hydrogen) atoms. The molecule has 3 aromatic rings. The first kappa shape index (κ1) is 19.6. The number of methoxy groups -OCH3 is 2. The molecule has 0 aliphatic carbocycles. The predicted octanol–water partition coefficient (Wildman–Crippen LogP) is 3.23. The van der Waals surface area contributed by atoms with Gasteiger partial charge < -0.3 is 20.1 Å². The number of para-hydroxylation sites is 1. The second-order valence-electron chi connectivity index (χ2n) is 5.95. The number of ether oxygens (including phenoxy) is 2. The van der Waals surface area contributed by atoms with E-state index < -0.39 is 0 Å². The zero-order valence-electron chi connectivity index (χ0n) is 16.0. The number of carbonyl (C=O) groups is 1. The molecule has 1 amide bonds. The highest BCUT2D eigenvalue weighted by Gasteiger charge is 2.10. The SMILES string of the molecule is COc1ccc(CNc2ncc(C(=O)Nc3ccccc3C#N)cn2)cc1OC. The quantitative estimate of drug-likeness (QED) is 0.638. The molecule has 3 rings (SSSR count). The van der Waals surface area contributed by atoms with Crippen LogP contribution in [-0.4, -0.2) is 30.1 Å². The van der Waals surface area contributed by atoms with Crippen molar-refractivity contribution in [3.05, 3.63) is 71.5 Å². The first-order chi connectivity index (χ1) is 14.1. The monoisotopic (exact) mass is 389 g/mol. The summed E-state index contributed by atoms with van der Waals surface area (Å²) >= 11 is 0. The lowest BCUT2D eigenvalue weighted by atomic mass is 10.2. The maximum atomic E-state index is 12.4. The second-order valence-corrected chi connectivity index (χ2v) is 5.95. The van der Waals surface area contributed by atoms with E-state index in [4.69, 9.17) is 14.7 Å². The number of nitrogens with zero attached hydrogens (tertiary/aromatic N) is 3. The van der Waals surface area contributed by atoms with Gasteiger partial charge in [0.15, 0.2) is 11.5 Å². The first-order valence-corrected chi connectivity index (χ1v) is 8.72. The van der Waals surface area contributed by atoms with Gasteiger partial charge in [-0.25, -0.2) is 9.97 Å². The van der Waals surface area contributed by atoms with Crippen LogP contribution < -0.4 is 20.1 Å². The van der Waals surface area contributed by atoms with Crippen molar-refractivity contribution in [2.24, 2.45) is 0 Å². The molecule has 146 valence electrons. The number of nitriles is 1. The average molecular weight is 389 g/mol. The van der Waals surface area contributed by atoms with Gasteiger partial charge in [0.25, 0.3) is 5.91 Å². The predicted molar refractivity (Wildman–Crippen MR) is 108 cm³/mol. The third kappa shape index (κ3) is 4.78. The molecule has 0 aliphatic heterocycles. The lowest BCUT2D eigenvalue weighted by Gasteiger charge is -2.10. The molecule has 0 unspecified atom stereocenters. The topological polar surface area (TPSA) is 109 Å². The van der Waals surface area contributed by atoms with Gasteiger partial charge in [-0.05, 0) is 29.8 Å². The van der Waals surface area contributed by atoms with Gasteiger partial charge in [0.1, 0.15) is 6.07 Å². The van der Waals surface area contributed by atoms with E-state index in [0.29, 0.717) is 35.2 Å². The van der Waals surface area contributed by atoms with Crippen molar-refractivity contribution in [2.45, 2.75) is 6.54 Å². The molecular formula is C21H19N5O3. The maximum absolute atomic E-state index is 12.4. The fourth-order valence-corrected chi connectivity index (χ4v) is 2.59. The van der Waals surface area contributed by atoms with E-state index in [-0.39, 0.29) is 11.5 Å². The minimum atomic E-state index is -0.390. The van der Waals surface area contributed by atoms with E-state index in [0.717, 1.165) is 5.56 Å². The Kier molecular flexibility index (Phi) is 6.22. The van der Waals surface area contributed by atoms with Gasteiger partial charge in [0.2, 0.25) is 5.95 Å². The molecule has 2 N–H and O–H groups in total. The summed E-state index contributed by atoms with van der Waals surface area (Å²) in [6.07, 6.45) is 2.85. The highest BCUT2D eigenvalue weighted by atomic mass is 16.5. The van der Waals surface area contributed by atoms with E-state index in [1.165, 1.54) is 12.4 Å². The first-order valence-electron chi connectivity index (χ1n) is 8.72. The maximum Gasteiger partial charge on any atom is 0.258 e. The van der Waals surface area contributed by atoms with Crippen LogP contribution in [0.3, 0.4) is 0 Å². The van der Waals surface area contributed by atoms with Crippen LogP contribution in [0.25, 0.3) is 0 Å². The number of anilines is 2. The highest BCUT2D eigenvalue weighted by Crippen LogP contribution is 2.27. The largest absolute Gasteiger partial charge is 0.493 e. The Morgan fingerprint density at radius 1 is 1.07 bits per heavy atom. The zero-order valence-corrected chi connectivity index (χ0v) is 16.0. The number of aromatic nitrogens is 2. The van der Waals surface area contributed by atoms with Gasteiger partial charge in [-0.1, -0.05) is 18.2 Å². The van der Waals surface area contributed by atoms with Crippen LogP contribution in [-0.2, 0) is 6.54 Å². The molecule has 2 aromatic carbocycles. The third-order valence-electron chi connectivity index (χ3n) is 4.11. The zero-order chi connectivity index (χ0) is 20.6. The van der Waals surface area contributed by atoms with E-state index >= 15 is 0 Å². The van der Waals surface area contributed by atoms with E-state index in [9.17, 15) is 4.79 Å². The van der Waals surface area contributed by atoms with Gasteiger partial charge in [-0.2, -0.15) is 5.26 Å². The Morgan fingerprint density at radius 3 is 2.48 bits per heavy atom. The molecule has 0 aliphatic rings. The Labute approximate surface area is 168 Å². The van der Waals surface area contributed by atoms with Crippen LogP contribution in [0.4, 0.5) is 11.6 Å². The number of hydrogen-bond donors (Lipinski definition) is 2. The second kappa shape index (κ2) is 9.19. The van der Waals surface area contributed by atoms with Crippen molar-refractivity contribution in [2.75, 3.05) is 24.9 Å². The summed E-state index contributed by atoms with van der Waals surface area (Å²) in [6, 6.07) is 14.4. The molecule has 0 fully saturated rings. The average Bonchev–Trinajstić information content (AvgIpc) is 2.78. The van der Waals surface area contributed by atoms with Gasteiger partial charge in [0.05, 0.1) is 31.0 Å². The molecule has 0 bridgehead atoms. The standard InChI is InChI=1S/C21H19N5O3/c1-28-18-8-7-14(9-19(18)29-2)11-23-21-24-12-16(13-25-21)20(27)26-17-6-4-3-5-15(17)10-22/h3-9,12-13H,11H2,1-2H3,(H,26,27)(H,23,24,25). The van der Waals surface area contributed by atoms with Crippen LogP contribution in [0, 0.1) is 11.3 Å². The highest BCUT2D eigenvalue weighted by molar-refractivity contribution is 6.04. The van der Waals surface area contributed by atoms with E-state index in [2.05, 4.69) is 20.6 Å². The minimum absolute atomic E-state index is 0.286. The normalized spacial score (nSPS) is 9.97. The van der Waals surface area contributed by atoms with Crippen molar-refractivity contribution < 1.29 is 14.3 Å². The summed E-state index contributed by atoms with van der Waals surface area (Å²) < 4.78 is 10.5. The molecule has 8 heteroatoms. The lowest BCUT2D eigenvalue weighted by molar-refractivity contribution is 0.102. The van der Waals surface area contributed by atoms with Gasteiger partial charge in [-0.3, -0.25) is 4.79 Å².